The van der Waals surface area contributed by atoms with Gasteiger partial charge in [-0.3, -0.25) is 4.84 Å². The lowest BCUT2D eigenvalue weighted by Crippen LogP contribution is -2.58. The molecule has 2 rings (SSSR count). The van der Waals surface area contributed by atoms with Crippen LogP contribution in [0.2, 0.25) is 0 Å². The van der Waals surface area contributed by atoms with E-state index < -0.39 is 0 Å². The Morgan fingerprint density at radius 3 is 2.38 bits per heavy atom. The zero-order chi connectivity index (χ0) is 17.8. The Balaban J connectivity index is 2.26. The molecular weight excluding hydrogens is 294 g/mol. The van der Waals surface area contributed by atoms with Crippen molar-refractivity contribution in [2.24, 2.45) is 0 Å². The number of rotatable bonds is 7. The van der Waals surface area contributed by atoms with E-state index in [1.165, 1.54) is 30.4 Å². The van der Waals surface area contributed by atoms with Crippen molar-refractivity contribution < 1.29 is 4.84 Å². The molecule has 1 aliphatic rings. The van der Waals surface area contributed by atoms with E-state index in [9.17, 15) is 0 Å². The van der Waals surface area contributed by atoms with E-state index in [4.69, 9.17) is 4.84 Å². The molecule has 0 N–H and O–H groups in total. The number of nitrogens with zero attached hydrogens (tertiary/aromatic N) is 1. The highest BCUT2D eigenvalue weighted by Crippen LogP contribution is 2.41. The van der Waals surface area contributed by atoms with Crippen molar-refractivity contribution in [3.05, 3.63) is 48.0 Å². The van der Waals surface area contributed by atoms with E-state index in [0.29, 0.717) is 0 Å². The smallest absolute Gasteiger partial charge is 0.105 e. The summed E-state index contributed by atoms with van der Waals surface area (Å²) in [6.07, 6.45) is 8.93. The topological polar surface area (TPSA) is 12.5 Å². The average Bonchev–Trinajstić information content (AvgIpc) is 2.49. The third kappa shape index (κ3) is 4.49. The number of piperidine rings is 1. The van der Waals surface area contributed by atoms with E-state index in [1.54, 1.807) is 0 Å². The molecule has 1 aromatic rings. The van der Waals surface area contributed by atoms with Crippen LogP contribution in [0.15, 0.2) is 36.9 Å². The van der Waals surface area contributed by atoms with Crippen LogP contribution in [0.3, 0.4) is 0 Å². The van der Waals surface area contributed by atoms with E-state index in [1.807, 2.05) is 6.08 Å². The number of benzene rings is 1. The first-order valence-corrected chi connectivity index (χ1v) is 9.41. The third-order valence-electron chi connectivity index (χ3n) is 5.32. The number of unbranched alkanes of at least 4 members (excludes halogenated alkanes) is 1. The van der Waals surface area contributed by atoms with Gasteiger partial charge in [-0.15, -0.1) is 6.58 Å². The molecule has 1 heterocycles. The van der Waals surface area contributed by atoms with E-state index >= 15 is 0 Å². The monoisotopic (exact) mass is 329 g/mol. The SMILES string of the molecule is C=CCCCC(ON1C(C)(C)CCCC1(C)C)c1ccccc1C. The molecule has 0 radical (unpaired) electrons. The molecule has 0 spiro atoms. The third-order valence-corrected chi connectivity index (χ3v) is 5.32. The highest BCUT2D eigenvalue weighted by atomic mass is 16.7. The summed E-state index contributed by atoms with van der Waals surface area (Å²) in [5.41, 5.74) is 2.77. The van der Waals surface area contributed by atoms with Gasteiger partial charge in [-0.05, 0) is 84.3 Å². The fraction of sp³-hybridized carbons (Fsp3) is 0.636. The zero-order valence-corrected chi connectivity index (χ0v) is 16.3. The van der Waals surface area contributed by atoms with Gasteiger partial charge in [0.1, 0.15) is 6.10 Å². The van der Waals surface area contributed by atoms with Gasteiger partial charge in [0.05, 0.1) is 0 Å². The van der Waals surface area contributed by atoms with E-state index in [-0.39, 0.29) is 17.2 Å². The Morgan fingerprint density at radius 2 is 1.79 bits per heavy atom. The van der Waals surface area contributed by atoms with Crippen molar-refractivity contribution >= 4 is 0 Å². The summed E-state index contributed by atoms with van der Waals surface area (Å²) in [5, 5.41) is 2.30. The standard InChI is InChI=1S/C22H35NO/c1-7-8-9-15-20(19-14-11-10-13-18(19)2)24-23-21(3,4)16-12-17-22(23,5)6/h7,10-11,13-14,20H,1,8-9,12,15-17H2,2-6H3. The van der Waals surface area contributed by atoms with E-state index in [0.717, 1.165) is 19.3 Å². The normalized spacial score (nSPS) is 21.4. The molecular formula is C22H35NO. The van der Waals surface area contributed by atoms with Gasteiger partial charge in [0.25, 0.3) is 0 Å². The molecule has 0 amide bonds. The van der Waals surface area contributed by atoms with Crippen LogP contribution in [0.4, 0.5) is 0 Å². The largest absolute Gasteiger partial charge is 0.290 e. The quantitative estimate of drug-likeness (QED) is 0.426. The van der Waals surface area contributed by atoms with Crippen molar-refractivity contribution in [3.8, 4) is 0 Å². The lowest BCUT2D eigenvalue weighted by molar-refractivity contribution is -0.308. The molecule has 1 unspecified atom stereocenters. The van der Waals surface area contributed by atoms with Crippen LogP contribution < -0.4 is 0 Å². The molecule has 24 heavy (non-hydrogen) atoms. The number of hydrogen-bond donors (Lipinski definition) is 0. The summed E-state index contributed by atoms with van der Waals surface area (Å²) < 4.78 is 0. The summed E-state index contributed by atoms with van der Waals surface area (Å²) in [6.45, 7) is 15.3. The van der Waals surface area contributed by atoms with E-state index in [2.05, 4.69) is 70.5 Å². The highest BCUT2D eigenvalue weighted by Gasteiger charge is 2.43. The predicted octanol–water partition coefficient (Wildman–Crippen LogP) is 6.37. The Bertz CT molecular complexity index is 531. The predicted molar refractivity (Wildman–Crippen MR) is 103 cm³/mol. The molecule has 1 aliphatic heterocycles. The summed E-state index contributed by atoms with van der Waals surface area (Å²) >= 11 is 0. The molecule has 1 fully saturated rings. The second-order valence-corrected chi connectivity index (χ2v) is 8.44. The van der Waals surface area contributed by atoms with Crippen LogP contribution in [0.1, 0.15) is 83.5 Å². The minimum Gasteiger partial charge on any atom is -0.290 e. The van der Waals surface area contributed by atoms with Gasteiger partial charge in [0.2, 0.25) is 0 Å². The van der Waals surface area contributed by atoms with Gasteiger partial charge in [-0.25, -0.2) is 0 Å². The van der Waals surface area contributed by atoms with Gasteiger partial charge >= 0.3 is 0 Å². The molecule has 1 atom stereocenters. The van der Waals surface area contributed by atoms with Gasteiger partial charge in [-0.1, -0.05) is 30.3 Å². The molecule has 1 aromatic carbocycles. The maximum atomic E-state index is 6.73. The Kier molecular flexibility index (Phi) is 6.28. The molecule has 134 valence electrons. The summed E-state index contributed by atoms with van der Waals surface area (Å²) in [4.78, 5) is 6.73. The van der Waals surface area contributed by atoms with Crippen LogP contribution >= 0.6 is 0 Å². The lowest BCUT2D eigenvalue weighted by atomic mass is 9.82. The minimum atomic E-state index is 0.0706. The summed E-state index contributed by atoms with van der Waals surface area (Å²) in [7, 11) is 0. The molecule has 0 bridgehead atoms. The highest BCUT2D eigenvalue weighted by molar-refractivity contribution is 5.27. The maximum absolute atomic E-state index is 6.73. The second-order valence-electron chi connectivity index (χ2n) is 8.44. The number of hydroxylamine groups is 2. The Hall–Kier alpha value is -1.12. The molecule has 2 nitrogen and oxygen atoms in total. The Labute approximate surface area is 148 Å². The van der Waals surface area contributed by atoms with Gasteiger partial charge in [0, 0.05) is 11.1 Å². The molecule has 0 saturated carbocycles. The Morgan fingerprint density at radius 1 is 1.17 bits per heavy atom. The number of aryl methyl sites for hydroxylation is 1. The first kappa shape index (κ1) is 19.2. The molecule has 0 aromatic heterocycles. The van der Waals surface area contributed by atoms with Gasteiger partial charge in [0.15, 0.2) is 0 Å². The number of hydrogen-bond acceptors (Lipinski definition) is 2. The van der Waals surface area contributed by atoms with Gasteiger partial charge < -0.3 is 0 Å². The van der Waals surface area contributed by atoms with Crippen molar-refractivity contribution in [1.82, 2.24) is 5.06 Å². The van der Waals surface area contributed by atoms with Crippen molar-refractivity contribution in [2.75, 3.05) is 0 Å². The first-order chi connectivity index (χ1) is 11.3. The van der Waals surface area contributed by atoms with Crippen molar-refractivity contribution in [1.29, 1.82) is 0 Å². The fourth-order valence-electron chi connectivity index (χ4n) is 4.05. The lowest BCUT2D eigenvalue weighted by Gasteiger charge is -2.52. The van der Waals surface area contributed by atoms with Crippen molar-refractivity contribution in [3.63, 3.8) is 0 Å². The van der Waals surface area contributed by atoms with Crippen LogP contribution in [0, 0.1) is 6.92 Å². The zero-order valence-electron chi connectivity index (χ0n) is 16.3. The van der Waals surface area contributed by atoms with Crippen LogP contribution in [0.25, 0.3) is 0 Å². The summed E-state index contributed by atoms with van der Waals surface area (Å²) in [5.74, 6) is 0. The average molecular weight is 330 g/mol. The van der Waals surface area contributed by atoms with Crippen LogP contribution in [0.5, 0.6) is 0 Å². The molecule has 0 aliphatic carbocycles. The van der Waals surface area contributed by atoms with Crippen LogP contribution in [-0.2, 0) is 4.84 Å². The van der Waals surface area contributed by atoms with Gasteiger partial charge in [-0.2, -0.15) is 5.06 Å². The second kappa shape index (κ2) is 7.84. The van der Waals surface area contributed by atoms with Crippen molar-refractivity contribution in [2.45, 2.75) is 90.3 Å². The summed E-state index contributed by atoms with van der Waals surface area (Å²) in [6, 6.07) is 8.64. The maximum Gasteiger partial charge on any atom is 0.105 e. The molecule has 1 saturated heterocycles. The first-order valence-electron chi connectivity index (χ1n) is 9.41. The number of allylic oxidation sites excluding steroid dienone is 1. The fourth-order valence-corrected chi connectivity index (χ4v) is 4.05. The minimum absolute atomic E-state index is 0.0706. The molecule has 2 heteroatoms. The van der Waals surface area contributed by atoms with Crippen LogP contribution in [-0.4, -0.2) is 16.1 Å².